The van der Waals surface area contributed by atoms with E-state index in [-0.39, 0.29) is 23.2 Å². The number of rotatable bonds is 10. The molecule has 1 aliphatic carbocycles. The number of nitrogens with zero attached hydrogens (tertiary/aromatic N) is 10. The summed E-state index contributed by atoms with van der Waals surface area (Å²) in [4.78, 5) is 33.9. The maximum absolute atomic E-state index is 13.3. The Morgan fingerprint density at radius 1 is 1.04 bits per heavy atom. The van der Waals surface area contributed by atoms with Crippen molar-refractivity contribution in [3.8, 4) is 11.4 Å². The van der Waals surface area contributed by atoms with Crippen molar-refractivity contribution in [2.45, 2.75) is 70.0 Å². The molecule has 5 aromatic rings. The van der Waals surface area contributed by atoms with E-state index in [1.807, 2.05) is 23.0 Å². The second kappa shape index (κ2) is 14.0. The van der Waals surface area contributed by atoms with Gasteiger partial charge in [0.15, 0.2) is 11.6 Å². The molecular weight excluding hydrogens is 772 g/mol. The molecule has 1 saturated carbocycles. The summed E-state index contributed by atoms with van der Waals surface area (Å²) in [7, 11) is -3.48. The van der Waals surface area contributed by atoms with Crippen LogP contribution < -0.4 is 15.5 Å². The standard InChI is InChI=1S/C37H43BrN12O3S/c1-23(2)50-32-16-34(43-33-7-9-40-35(44-33)26-17-42-49(22-26)54(52,53)28-5-6-28)41-19-30(32)36(45-50)47-12-10-46(11-13-47)20-25-14-24-21-48(27-4-3-8-39-18-27)37(51)29(24)15-31(25)38/h7,9,14-17,19,22-23,27-28,39H,3-6,8,10-13,18,20-21H2,1-2H3,(H,40,41,43,44). The summed E-state index contributed by atoms with van der Waals surface area (Å²) >= 11 is 3.79. The van der Waals surface area contributed by atoms with Gasteiger partial charge in [-0.1, -0.05) is 22.0 Å². The van der Waals surface area contributed by atoms with E-state index in [4.69, 9.17) is 10.1 Å². The number of carbonyl (C=O) groups excluding carboxylic acids is 1. The molecule has 1 atom stereocenters. The third kappa shape index (κ3) is 6.64. The minimum atomic E-state index is -3.48. The zero-order valence-electron chi connectivity index (χ0n) is 30.3. The third-order valence-corrected chi connectivity index (χ3v) is 13.7. The molecule has 0 spiro atoms. The van der Waals surface area contributed by atoms with Crippen LogP contribution in [0.3, 0.4) is 0 Å². The van der Waals surface area contributed by atoms with Gasteiger partial charge in [-0.3, -0.25) is 14.4 Å². The van der Waals surface area contributed by atoms with Crippen LogP contribution in [-0.4, -0.2) is 109 Å². The van der Waals surface area contributed by atoms with Crippen LogP contribution in [0.15, 0.2) is 53.5 Å². The van der Waals surface area contributed by atoms with Gasteiger partial charge in [-0.2, -0.15) is 14.3 Å². The van der Waals surface area contributed by atoms with E-state index in [0.717, 1.165) is 95.1 Å². The lowest BCUT2D eigenvalue weighted by Gasteiger charge is -2.35. The molecular formula is C37H43BrN12O3S. The molecule has 3 aliphatic heterocycles. The monoisotopic (exact) mass is 814 g/mol. The van der Waals surface area contributed by atoms with E-state index in [1.165, 1.54) is 18.0 Å². The molecule has 3 fully saturated rings. The number of fused-ring (bicyclic) bond motifs is 2. The van der Waals surface area contributed by atoms with Gasteiger partial charge in [-0.15, -0.1) is 0 Å². The molecule has 1 unspecified atom stereocenters. The van der Waals surface area contributed by atoms with Gasteiger partial charge in [0.2, 0.25) is 0 Å². The molecule has 2 saturated heterocycles. The Morgan fingerprint density at radius 3 is 2.63 bits per heavy atom. The lowest BCUT2D eigenvalue weighted by molar-refractivity contribution is 0.0674. The number of benzene rings is 1. The van der Waals surface area contributed by atoms with Gasteiger partial charge in [0.25, 0.3) is 15.9 Å². The first-order chi connectivity index (χ1) is 26.1. The zero-order chi connectivity index (χ0) is 37.1. The van der Waals surface area contributed by atoms with Gasteiger partial charge in [0.05, 0.1) is 34.1 Å². The lowest BCUT2D eigenvalue weighted by Crippen LogP contribution is -2.46. The lowest BCUT2D eigenvalue weighted by atomic mass is 10.1. The van der Waals surface area contributed by atoms with Crippen LogP contribution in [0.1, 0.15) is 67.1 Å². The van der Waals surface area contributed by atoms with Crippen molar-refractivity contribution >= 4 is 60.2 Å². The maximum Gasteiger partial charge on any atom is 0.256 e. The molecule has 15 nitrogen and oxygen atoms in total. The minimum absolute atomic E-state index is 0.126. The summed E-state index contributed by atoms with van der Waals surface area (Å²) in [6.45, 7) is 11.1. The first kappa shape index (κ1) is 35.3. The predicted molar refractivity (Wildman–Crippen MR) is 209 cm³/mol. The Hall–Kier alpha value is -4.45. The first-order valence-corrected chi connectivity index (χ1v) is 21.0. The number of amides is 1. The second-order valence-corrected chi connectivity index (χ2v) is 17.9. The number of piperazine rings is 1. The average molecular weight is 816 g/mol. The van der Waals surface area contributed by atoms with E-state index < -0.39 is 10.0 Å². The number of anilines is 3. The van der Waals surface area contributed by atoms with Crippen molar-refractivity contribution in [2.24, 2.45) is 0 Å². The normalized spacial score (nSPS) is 19.6. The van der Waals surface area contributed by atoms with Gasteiger partial charge in [0.1, 0.15) is 11.6 Å². The van der Waals surface area contributed by atoms with Crippen LogP contribution in [0.4, 0.5) is 17.5 Å². The van der Waals surface area contributed by atoms with E-state index in [1.54, 1.807) is 12.3 Å². The maximum atomic E-state index is 13.3. The number of nitrogens with one attached hydrogen (secondary N) is 2. The highest BCUT2D eigenvalue weighted by Crippen LogP contribution is 2.34. The zero-order valence-corrected chi connectivity index (χ0v) is 32.7. The van der Waals surface area contributed by atoms with Gasteiger partial charge < -0.3 is 20.4 Å². The predicted octanol–water partition coefficient (Wildman–Crippen LogP) is 4.54. The topological polar surface area (TPSA) is 159 Å². The SMILES string of the molecule is CC(C)n1nc(N2CCN(Cc3cc4c(cc3Br)C(=O)N(C3CCCNC3)C4)CC2)c2cnc(Nc3ccnc(-c4cnn(S(=O)(=O)C5CC5)c4)n3)cc21. The highest BCUT2D eigenvalue weighted by molar-refractivity contribution is 9.10. The fraction of sp³-hybridized carbons (Fsp3) is 0.459. The minimum Gasteiger partial charge on any atom is -0.352 e. The summed E-state index contributed by atoms with van der Waals surface area (Å²) in [5, 5.41) is 16.5. The number of pyridine rings is 1. The van der Waals surface area contributed by atoms with Crippen molar-refractivity contribution in [3.63, 3.8) is 0 Å². The Morgan fingerprint density at radius 2 is 1.87 bits per heavy atom. The number of aromatic nitrogens is 7. The van der Waals surface area contributed by atoms with Crippen LogP contribution in [0.5, 0.6) is 0 Å². The number of carbonyl (C=O) groups is 1. The van der Waals surface area contributed by atoms with Crippen LogP contribution in [0.2, 0.25) is 0 Å². The van der Waals surface area contributed by atoms with Crippen LogP contribution in [0, 0.1) is 0 Å². The number of hydrogen-bond acceptors (Lipinski definition) is 12. The molecule has 17 heteroatoms. The smallest absolute Gasteiger partial charge is 0.256 e. The highest BCUT2D eigenvalue weighted by atomic mass is 79.9. The number of hydrogen-bond donors (Lipinski definition) is 2. The summed E-state index contributed by atoms with van der Waals surface area (Å²) in [5.74, 6) is 2.58. The summed E-state index contributed by atoms with van der Waals surface area (Å²) < 4.78 is 29.3. The molecule has 4 aromatic heterocycles. The molecule has 1 aromatic carbocycles. The van der Waals surface area contributed by atoms with Gasteiger partial charge in [-0.05, 0) is 69.3 Å². The van der Waals surface area contributed by atoms with Gasteiger partial charge >= 0.3 is 0 Å². The van der Waals surface area contributed by atoms with Crippen LogP contribution >= 0.6 is 15.9 Å². The van der Waals surface area contributed by atoms with Crippen LogP contribution in [-0.2, 0) is 23.1 Å². The van der Waals surface area contributed by atoms with Crippen molar-refractivity contribution in [1.29, 1.82) is 0 Å². The van der Waals surface area contributed by atoms with E-state index in [9.17, 15) is 13.2 Å². The quantitative estimate of drug-likeness (QED) is 0.203. The second-order valence-electron chi connectivity index (χ2n) is 15.0. The highest BCUT2D eigenvalue weighted by Gasteiger charge is 2.38. The number of halogens is 1. The summed E-state index contributed by atoms with van der Waals surface area (Å²) in [5.41, 5.74) is 4.65. The van der Waals surface area contributed by atoms with Crippen LogP contribution in [0.25, 0.3) is 22.3 Å². The fourth-order valence-electron chi connectivity index (χ4n) is 7.77. The van der Waals surface area contributed by atoms with Gasteiger partial charge in [0, 0.05) is 86.4 Å². The van der Waals surface area contributed by atoms with Crippen molar-refractivity contribution < 1.29 is 13.2 Å². The van der Waals surface area contributed by atoms with Crippen molar-refractivity contribution in [2.75, 3.05) is 49.5 Å². The molecule has 282 valence electrons. The largest absolute Gasteiger partial charge is 0.352 e. The summed E-state index contributed by atoms with van der Waals surface area (Å²) in [6, 6.07) is 8.39. The van der Waals surface area contributed by atoms with E-state index in [0.29, 0.717) is 42.4 Å². The molecule has 0 bridgehead atoms. The first-order valence-electron chi connectivity index (χ1n) is 18.7. The Kier molecular flexibility index (Phi) is 9.14. The van der Waals surface area contributed by atoms with Crippen molar-refractivity contribution in [3.05, 3.63) is 70.2 Å². The molecule has 2 N–H and O–H groups in total. The Labute approximate surface area is 322 Å². The molecule has 7 heterocycles. The average Bonchev–Trinajstić information content (AvgIpc) is 3.68. The number of piperidine rings is 1. The van der Waals surface area contributed by atoms with Gasteiger partial charge in [-0.25, -0.2) is 23.4 Å². The molecule has 4 aliphatic rings. The fourth-order valence-corrected chi connectivity index (χ4v) is 9.72. The van der Waals surface area contributed by atoms with E-state index >= 15 is 0 Å². The summed E-state index contributed by atoms with van der Waals surface area (Å²) in [6.07, 6.45) is 9.93. The van der Waals surface area contributed by atoms with E-state index in [2.05, 4.69) is 76.2 Å². The van der Waals surface area contributed by atoms with Crippen molar-refractivity contribution in [1.82, 2.24) is 49.0 Å². The Bertz CT molecular complexity index is 2340. The molecule has 1 amide bonds. The third-order valence-electron chi connectivity index (χ3n) is 10.9. The molecule has 9 rings (SSSR count). The Balaban J connectivity index is 0.877. The molecule has 54 heavy (non-hydrogen) atoms. The molecule has 0 radical (unpaired) electrons.